The van der Waals surface area contributed by atoms with Crippen molar-refractivity contribution in [1.29, 1.82) is 0 Å². The molecule has 0 spiro atoms. The van der Waals surface area contributed by atoms with Gasteiger partial charge < -0.3 is 10.4 Å². The van der Waals surface area contributed by atoms with Gasteiger partial charge in [-0.3, -0.25) is 4.79 Å². The van der Waals surface area contributed by atoms with E-state index in [1.54, 1.807) is 24.3 Å². The summed E-state index contributed by atoms with van der Waals surface area (Å²) < 4.78 is 0. The summed E-state index contributed by atoms with van der Waals surface area (Å²) in [5.74, 6) is -0.304. The van der Waals surface area contributed by atoms with Gasteiger partial charge in [-0.05, 0) is 49.3 Å². The molecule has 21 heavy (non-hydrogen) atoms. The van der Waals surface area contributed by atoms with Gasteiger partial charge >= 0.3 is 5.97 Å². The maximum absolute atomic E-state index is 11.8. The van der Waals surface area contributed by atoms with Crippen LogP contribution in [-0.4, -0.2) is 23.5 Å². The van der Waals surface area contributed by atoms with Crippen molar-refractivity contribution in [3.05, 3.63) is 47.5 Å². The Kier molecular flexibility index (Phi) is 5.55. The number of benzene rings is 1. The highest BCUT2D eigenvalue weighted by Gasteiger charge is 2.11. The Morgan fingerprint density at radius 1 is 1.19 bits per heavy atom. The van der Waals surface area contributed by atoms with E-state index in [1.165, 1.54) is 0 Å². The highest BCUT2D eigenvalue weighted by molar-refractivity contribution is 5.87. The van der Waals surface area contributed by atoms with Crippen molar-refractivity contribution < 1.29 is 14.7 Å². The van der Waals surface area contributed by atoms with Gasteiger partial charge in [0.15, 0.2) is 0 Å². The summed E-state index contributed by atoms with van der Waals surface area (Å²) in [5.41, 5.74) is 1.25. The lowest BCUT2D eigenvalue weighted by molar-refractivity contribution is -0.121. The molecule has 0 saturated carbocycles. The van der Waals surface area contributed by atoms with Crippen LogP contribution in [0.25, 0.3) is 0 Å². The van der Waals surface area contributed by atoms with Crippen LogP contribution in [0.3, 0.4) is 0 Å². The van der Waals surface area contributed by atoms with Crippen LogP contribution >= 0.6 is 0 Å². The molecule has 0 radical (unpaired) electrons. The third-order valence-corrected chi connectivity index (χ3v) is 3.81. The van der Waals surface area contributed by atoms with Crippen LogP contribution in [0.4, 0.5) is 0 Å². The van der Waals surface area contributed by atoms with Gasteiger partial charge in [-0.2, -0.15) is 0 Å². The van der Waals surface area contributed by atoms with Crippen LogP contribution in [-0.2, 0) is 11.2 Å². The molecule has 0 fully saturated rings. The molecule has 0 saturated heterocycles. The largest absolute Gasteiger partial charge is 0.478 e. The minimum Gasteiger partial charge on any atom is -0.478 e. The second-order valence-corrected chi connectivity index (χ2v) is 5.46. The number of amides is 1. The van der Waals surface area contributed by atoms with Gasteiger partial charge in [-0.25, -0.2) is 4.79 Å². The fraction of sp³-hybridized carbons (Fsp3) is 0.412. The van der Waals surface area contributed by atoms with Gasteiger partial charge in [0.2, 0.25) is 5.91 Å². The predicted molar refractivity (Wildman–Crippen MR) is 81.2 cm³/mol. The fourth-order valence-electron chi connectivity index (χ4n) is 2.46. The minimum absolute atomic E-state index is 0.0619. The Morgan fingerprint density at radius 3 is 2.57 bits per heavy atom. The Balaban J connectivity index is 1.70. The van der Waals surface area contributed by atoms with Crippen LogP contribution in [0.5, 0.6) is 0 Å². The molecule has 1 aromatic carbocycles. The number of hydrogen-bond donors (Lipinski definition) is 2. The molecule has 0 heterocycles. The van der Waals surface area contributed by atoms with E-state index in [0.717, 1.165) is 31.4 Å². The van der Waals surface area contributed by atoms with E-state index >= 15 is 0 Å². The Morgan fingerprint density at radius 2 is 1.95 bits per heavy atom. The second-order valence-electron chi connectivity index (χ2n) is 5.46. The lowest BCUT2D eigenvalue weighted by Gasteiger charge is -2.18. The summed E-state index contributed by atoms with van der Waals surface area (Å²) in [4.78, 5) is 22.6. The molecule has 1 atom stereocenters. The minimum atomic E-state index is -0.930. The van der Waals surface area contributed by atoms with E-state index in [2.05, 4.69) is 17.5 Å². The highest BCUT2D eigenvalue weighted by Crippen LogP contribution is 2.16. The van der Waals surface area contributed by atoms with Crippen molar-refractivity contribution in [3.63, 3.8) is 0 Å². The zero-order valence-electron chi connectivity index (χ0n) is 12.0. The molecule has 112 valence electrons. The molecule has 0 aliphatic heterocycles. The summed E-state index contributed by atoms with van der Waals surface area (Å²) in [6.45, 7) is 0.751. The number of carbonyl (C=O) groups is 2. The number of rotatable bonds is 6. The molecule has 0 unspecified atom stereocenters. The zero-order valence-corrected chi connectivity index (χ0v) is 12.0. The Hall–Kier alpha value is -2.10. The third-order valence-electron chi connectivity index (χ3n) is 3.81. The SMILES string of the molecule is O=C(CCc1ccc(C(=O)O)cc1)NC[C@@H]1CC=CCC1. The number of aromatic carboxylic acids is 1. The molecule has 1 aliphatic rings. The molecular formula is C17H21NO3. The first-order valence-corrected chi connectivity index (χ1v) is 7.39. The summed E-state index contributed by atoms with van der Waals surface area (Å²) in [6, 6.07) is 6.68. The molecule has 0 bridgehead atoms. The van der Waals surface area contributed by atoms with Crippen LogP contribution < -0.4 is 5.32 Å². The second kappa shape index (κ2) is 7.62. The molecular weight excluding hydrogens is 266 g/mol. The summed E-state index contributed by atoms with van der Waals surface area (Å²) in [7, 11) is 0. The first-order chi connectivity index (χ1) is 10.1. The van der Waals surface area contributed by atoms with E-state index in [-0.39, 0.29) is 11.5 Å². The molecule has 1 aliphatic carbocycles. The van der Waals surface area contributed by atoms with Crippen molar-refractivity contribution in [3.8, 4) is 0 Å². The quantitative estimate of drug-likeness (QED) is 0.791. The lowest BCUT2D eigenvalue weighted by atomic mass is 9.94. The van der Waals surface area contributed by atoms with Crippen molar-refractivity contribution in [1.82, 2.24) is 5.32 Å². The predicted octanol–water partition coefficient (Wildman–Crippen LogP) is 2.79. The Labute approximate surface area is 124 Å². The molecule has 2 rings (SSSR count). The van der Waals surface area contributed by atoms with Gasteiger partial charge in [-0.1, -0.05) is 24.3 Å². The number of aryl methyl sites for hydroxylation is 1. The van der Waals surface area contributed by atoms with E-state index in [9.17, 15) is 9.59 Å². The number of hydrogen-bond acceptors (Lipinski definition) is 2. The van der Waals surface area contributed by atoms with Crippen LogP contribution in [0, 0.1) is 5.92 Å². The Bertz CT molecular complexity index is 519. The van der Waals surface area contributed by atoms with Crippen molar-refractivity contribution in [2.24, 2.45) is 5.92 Å². The number of nitrogens with one attached hydrogen (secondary N) is 1. The van der Waals surface area contributed by atoms with Gasteiger partial charge in [0.25, 0.3) is 0 Å². The summed E-state index contributed by atoms with van der Waals surface area (Å²) in [5, 5.41) is 11.8. The summed E-state index contributed by atoms with van der Waals surface area (Å²) in [6.07, 6.45) is 8.76. The van der Waals surface area contributed by atoms with Gasteiger partial charge in [0, 0.05) is 13.0 Å². The molecule has 0 aromatic heterocycles. The zero-order chi connectivity index (χ0) is 15.1. The van der Waals surface area contributed by atoms with E-state index in [1.807, 2.05) is 0 Å². The van der Waals surface area contributed by atoms with Crippen molar-refractivity contribution in [2.75, 3.05) is 6.54 Å². The number of allylic oxidation sites excluding steroid dienone is 2. The van der Waals surface area contributed by atoms with E-state index in [0.29, 0.717) is 18.8 Å². The molecule has 4 heteroatoms. The molecule has 4 nitrogen and oxygen atoms in total. The first-order valence-electron chi connectivity index (χ1n) is 7.39. The monoisotopic (exact) mass is 287 g/mol. The standard InChI is InChI=1S/C17H21NO3/c19-16(18-12-14-4-2-1-3-5-14)11-8-13-6-9-15(10-7-13)17(20)21/h1-2,6-7,9-10,14H,3-5,8,11-12H2,(H,18,19)(H,20,21)/t14-/m1/s1. The first kappa shape index (κ1) is 15.3. The number of carbonyl (C=O) groups excluding carboxylic acids is 1. The lowest BCUT2D eigenvalue weighted by Crippen LogP contribution is -2.29. The molecule has 1 aromatic rings. The average Bonchev–Trinajstić information content (AvgIpc) is 2.52. The average molecular weight is 287 g/mol. The van der Waals surface area contributed by atoms with Crippen molar-refractivity contribution >= 4 is 11.9 Å². The maximum Gasteiger partial charge on any atom is 0.335 e. The van der Waals surface area contributed by atoms with E-state index in [4.69, 9.17) is 5.11 Å². The normalized spacial score (nSPS) is 17.4. The van der Waals surface area contributed by atoms with E-state index < -0.39 is 5.97 Å². The topological polar surface area (TPSA) is 66.4 Å². The van der Waals surface area contributed by atoms with Crippen LogP contribution in [0.1, 0.15) is 41.6 Å². The number of carboxylic acids is 1. The molecule has 2 N–H and O–H groups in total. The van der Waals surface area contributed by atoms with Gasteiger partial charge in [-0.15, -0.1) is 0 Å². The van der Waals surface area contributed by atoms with Crippen molar-refractivity contribution in [2.45, 2.75) is 32.1 Å². The fourth-order valence-corrected chi connectivity index (χ4v) is 2.46. The van der Waals surface area contributed by atoms with Gasteiger partial charge in [0.05, 0.1) is 5.56 Å². The van der Waals surface area contributed by atoms with Gasteiger partial charge in [0.1, 0.15) is 0 Å². The highest BCUT2D eigenvalue weighted by atomic mass is 16.4. The van der Waals surface area contributed by atoms with Crippen LogP contribution in [0.15, 0.2) is 36.4 Å². The third kappa shape index (κ3) is 5.06. The maximum atomic E-state index is 11.8. The molecule has 1 amide bonds. The van der Waals surface area contributed by atoms with Crippen LogP contribution in [0.2, 0.25) is 0 Å². The summed E-state index contributed by atoms with van der Waals surface area (Å²) >= 11 is 0. The smallest absolute Gasteiger partial charge is 0.335 e. The number of carboxylic acid groups (broad SMARTS) is 1.